The van der Waals surface area contributed by atoms with Gasteiger partial charge in [0, 0.05) is 32.1 Å². The summed E-state index contributed by atoms with van der Waals surface area (Å²) in [6.07, 6.45) is 3.07. The topological polar surface area (TPSA) is 75.4 Å². The number of nitrogens with one attached hydrogen (secondary N) is 1. The van der Waals surface area contributed by atoms with Gasteiger partial charge in [-0.3, -0.25) is 9.59 Å². The van der Waals surface area contributed by atoms with Gasteiger partial charge in [-0.05, 0) is 26.2 Å². The van der Waals surface area contributed by atoms with Gasteiger partial charge in [-0.2, -0.15) is 0 Å². The molecule has 0 aliphatic carbocycles. The summed E-state index contributed by atoms with van der Waals surface area (Å²) in [5.41, 5.74) is 5.63. The molecule has 0 aromatic heterocycles. The molecule has 0 bridgehead atoms. The zero-order valence-corrected chi connectivity index (χ0v) is 12.7. The van der Waals surface area contributed by atoms with Crippen LogP contribution in [0.25, 0.3) is 0 Å². The minimum atomic E-state index is -0.119. The molecule has 0 radical (unpaired) electrons. The van der Waals surface area contributed by atoms with Crippen LogP contribution in [0, 0.1) is 5.92 Å². The molecule has 5 nitrogen and oxygen atoms in total. The standard InChI is InChI=1S/C13H25N3O2.ClH/c1-3-6-15-13(18)11-5-4-7-16(9-11)12(17)8-10(2)14;/h10-11H,3-9,14H2,1-2H3,(H,15,18);1H. The van der Waals surface area contributed by atoms with Gasteiger partial charge in [0.2, 0.25) is 11.8 Å². The van der Waals surface area contributed by atoms with E-state index in [9.17, 15) is 9.59 Å². The monoisotopic (exact) mass is 291 g/mol. The Morgan fingerprint density at radius 3 is 2.74 bits per heavy atom. The van der Waals surface area contributed by atoms with Crippen molar-refractivity contribution in [2.75, 3.05) is 19.6 Å². The molecule has 1 saturated heterocycles. The van der Waals surface area contributed by atoms with Crippen LogP contribution >= 0.6 is 12.4 Å². The predicted octanol–water partition coefficient (Wildman–Crippen LogP) is 0.910. The fourth-order valence-electron chi connectivity index (χ4n) is 2.21. The average Bonchev–Trinajstić information content (AvgIpc) is 2.35. The predicted molar refractivity (Wildman–Crippen MR) is 78.1 cm³/mol. The minimum Gasteiger partial charge on any atom is -0.356 e. The highest BCUT2D eigenvalue weighted by atomic mass is 35.5. The number of carbonyl (C=O) groups excluding carboxylic acids is 2. The van der Waals surface area contributed by atoms with Crippen molar-refractivity contribution >= 4 is 24.2 Å². The number of nitrogens with two attached hydrogens (primary N) is 1. The Bertz CT molecular complexity index is 298. The molecule has 2 amide bonds. The van der Waals surface area contributed by atoms with E-state index < -0.39 is 0 Å². The highest BCUT2D eigenvalue weighted by Gasteiger charge is 2.28. The van der Waals surface area contributed by atoms with Crippen molar-refractivity contribution in [1.82, 2.24) is 10.2 Å². The van der Waals surface area contributed by atoms with E-state index in [1.54, 1.807) is 4.90 Å². The number of carbonyl (C=O) groups is 2. The van der Waals surface area contributed by atoms with Crippen molar-refractivity contribution in [2.45, 2.75) is 45.6 Å². The van der Waals surface area contributed by atoms with Crippen LogP contribution in [-0.2, 0) is 9.59 Å². The molecule has 2 unspecified atom stereocenters. The van der Waals surface area contributed by atoms with Gasteiger partial charge in [-0.25, -0.2) is 0 Å². The molecule has 0 aromatic carbocycles. The van der Waals surface area contributed by atoms with Crippen LogP contribution in [0.2, 0.25) is 0 Å². The van der Waals surface area contributed by atoms with Crippen molar-refractivity contribution < 1.29 is 9.59 Å². The lowest BCUT2D eigenvalue weighted by molar-refractivity contribution is -0.135. The van der Waals surface area contributed by atoms with E-state index in [0.717, 1.165) is 25.8 Å². The van der Waals surface area contributed by atoms with Crippen LogP contribution in [0.4, 0.5) is 0 Å². The van der Waals surface area contributed by atoms with E-state index in [-0.39, 0.29) is 36.2 Å². The molecule has 19 heavy (non-hydrogen) atoms. The zero-order chi connectivity index (χ0) is 13.5. The first-order chi connectivity index (χ1) is 8.54. The Labute approximate surface area is 121 Å². The summed E-state index contributed by atoms with van der Waals surface area (Å²) in [7, 11) is 0. The number of halogens is 1. The first-order valence-corrected chi connectivity index (χ1v) is 6.85. The van der Waals surface area contributed by atoms with Gasteiger partial charge >= 0.3 is 0 Å². The average molecular weight is 292 g/mol. The number of amides is 2. The Hall–Kier alpha value is -0.810. The Balaban J connectivity index is 0.00000324. The lowest BCUT2D eigenvalue weighted by atomic mass is 9.96. The molecule has 1 rings (SSSR count). The molecule has 0 saturated carbocycles. The van der Waals surface area contributed by atoms with Gasteiger partial charge in [0.05, 0.1) is 5.92 Å². The van der Waals surface area contributed by atoms with E-state index in [1.165, 1.54) is 0 Å². The van der Waals surface area contributed by atoms with Gasteiger partial charge in [-0.15, -0.1) is 12.4 Å². The molecule has 1 fully saturated rings. The van der Waals surface area contributed by atoms with Crippen LogP contribution in [0.5, 0.6) is 0 Å². The quantitative estimate of drug-likeness (QED) is 0.790. The number of piperidine rings is 1. The zero-order valence-electron chi connectivity index (χ0n) is 11.9. The number of hydrogen-bond acceptors (Lipinski definition) is 3. The SMILES string of the molecule is CCCNC(=O)C1CCCN(C(=O)CC(C)N)C1.Cl. The maximum absolute atomic E-state index is 11.9. The van der Waals surface area contributed by atoms with Crippen LogP contribution < -0.4 is 11.1 Å². The first kappa shape index (κ1) is 18.2. The van der Waals surface area contributed by atoms with Gasteiger partial charge in [-0.1, -0.05) is 6.92 Å². The van der Waals surface area contributed by atoms with Crippen LogP contribution in [0.3, 0.4) is 0 Å². The first-order valence-electron chi connectivity index (χ1n) is 6.85. The maximum atomic E-state index is 11.9. The molecular weight excluding hydrogens is 266 g/mol. The summed E-state index contributed by atoms with van der Waals surface area (Å²) in [5, 5.41) is 2.90. The van der Waals surface area contributed by atoms with Gasteiger partial charge in [0.25, 0.3) is 0 Å². The molecule has 1 aliphatic rings. The minimum absolute atomic E-state index is 0. The third kappa shape index (κ3) is 6.25. The molecular formula is C13H26ClN3O2. The highest BCUT2D eigenvalue weighted by Crippen LogP contribution is 2.17. The number of hydrogen-bond donors (Lipinski definition) is 2. The van der Waals surface area contributed by atoms with E-state index in [0.29, 0.717) is 19.5 Å². The maximum Gasteiger partial charge on any atom is 0.224 e. The van der Waals surface area contributed by atoms with E-state index in [2.05, 4.69) is 5.32 Å². The van der Waals surface area contributed by atoms with E-state index >= 15 is 0 Å². The fourth-order valence-corrected chi connectivity index (χ4v) is 2.21. The third-order valence-electron chi connectivity index (χ3n) is 3.19. The van der Waals surface area contributed by atoms with Crippen LogP contribution in [0.15, 0.2) is 0 Å². The van der Waals surface area contributed by atoms with E-state index in [1.807, 2.05) is 13.8 Å². The van der Waals surface area contributed by atoms with Crippen LogP contribution in [-0.4, -0.2) is 42.4 Å². The molecule has 0 aromatic rings. The normalized spacial score (nSPS) is 20.4. The Morgan fingerprint density at radius 2 is 2.16 bits per heavy atom. The molecule has 112 valence electrons. The summed E-state index contributed by atoms with van der Waals surface area (Å²) in [6, 6.07) is -0.119. The summed E-state index contributed by atoms with van der Waals surface area (Å²) in [6.45, 7) is 5.86. The second kappa shape index (κ2) is 9.15. The van der Waals surface area contributed by atoms with Gasteiger partial charge in [0.15, 0.2) is 0 Å². The molecule has 6 heteroatoms. The van der Waals surface area contributed by atoms with Gasteiger partial charge < -0.3 is 16.0 Å². The summed E-state index contributed by atoms with van der Waals surface area (Å²) < 4.78 is 0. The summed E-state index contributed by atoms with van der Waals surface area (Å²) in [4.78, 5) is 25.6. The Morgan fingerprint density at radius 1 is 1.47 bits per heavy atom. The van der Waals surface area contributed by atoms with Crippen molar-refractivity contribution in [3.63, 3.8) is 0 Å². The lowest BCUT2D eigenvalue weighted by Crippen LogP contribution is -2.46. The fraction of sp³-hybridized carbons (Fsp3) is 0.846. The molecule has 3 N–H and O–H groups in total. The molecule has 2 atom stereocenters. The number of rotatable bonds is 5. The van der Waals surface area contributed by atoms with Crippen molar-refractivity contribution in [3.05, 3.63) is 0 Å². The molecule has 0 spiro atoms. The van der Waals surface area contributed by atoms with Crippen molar-refractivity contribution in [2.24, 2.45) is 11.7 Å². The second-order valence-electron chi connectivity index (χ2n) is 5.15. The molecule has 1 heterocycles. The largest absolute Gasteiger partial charge is 0.356 e. The van der Waals surface area contributed by atoms with Crippen molar-refractivity contribution in [3.8, 4) is 0 Å². The number of likely N-dealkylation sites (tertiary alicyclic amines) is 1. The number of nitrogens with zero attached hydrogens (tertiary/aromatic N) is 1. The second-order valence-corrected chi connectivity index (χ2v) is 5.15. The Kier molecular flexibility index (Phi) is 8.76. The highest BCUT2D eigenvalue weighted by molar-refractivity contribution is 5.85. The smallest absolute Gasteiger partial charge is 0.224 e. The summed E-state index contributed by atoms with van der Waals surface area (Å²) in [5.74, 6) is 0.0930. The molecule has 1 aliphatic heterocycles. The van der Waals surface area contributed by atoms with Gasteiger partial charge in [0.1, 0.15) is 0 Å². The van der Waals surface area contributed by atoms with E-state index in [4.69, 9.17) is 5.73 Å². The lowest BCUT2D eigenvalue weighted by Gasteiger charge is -2.32. The third-order valence-corrected chi connectivity index (χ3v) is 3.19. The summed E-state index contributed by atoms with van der Waals surface area (Å²) >= 11 is 0. The van der Waals surface area contributed by atoms with Crippen LogP contribution in [0.1, 0.15) is 39.5 Å². The van der Waals surface area contributed by atoms with Crippen molar-refractivity contribution in [1.29, 1.82) is 0 Å².